The first-order valence-electron chi connectivity index (χ1n) is 7.42. The van der Waals surface area contributed by atoms with Crippen molar-refractivity contribution in [3.8, 4) is 0 Å². The second kappa shape index (κ2) is 9.19. The summed E-state index contributed by atoms with van der Waals surface area (Å²) in [7, 11) is 1.61. The molecule has 0 atom stereocenters. The number of carbonyl (C=O) groups excluding carboxylic acids is 2. The van der Waals surface area contributed by atoms with E-state index in [-0.39, 0.29) is 19.2 Å². The Bertz CT molecular complexity index is 739. The molecule has 10 heteroatoms. The molecule has 0 bridgehead atoms. The lowest BCUT2D eigenvalue weighted by Crippen LogP contribution is -2.39. The summed E-state index contributed by atoms with van der Waals surface area (Å²) in [6.45, 7) is 2.40. The molecule has 8 nitrogen and oxygen atoms in total. The molecule has 0 radical (unpaired) electrons. The fraction of sp³-hybridized carbons (Fsp3) is 0.333. The molecule has 0 aliphatic rings. The summed E-state index contributed by atoms with van der Waals surface area (Å²) in [5, 5.41) is 14.5. The van der Waals surface area contributed by atoms with Gasteiger partial charge in [-0.05, 0) is 18.6 Å². The molecule has 134 valence electrons. The number of benzene rings is 1. The standard InChI is InChI=1S/C15H18ClN5O3S/c1-10-19-20-13(25-10)18-15(23)24-8-7-21(2)14(22)17-9-11-5-3-4-6-12(11)16/h3-6H,7-9H2,1-2H3,(H,17,22)(H,18,20,23). The average molecular weight is 384 g/mol. The number of nitrogens with zero attached hydrogens (tertiary/aromatic N) is 3. The van der Waals surface area contributed by atoms with E-state index in [1.165, 1.54) is 16.2 Å². The number of rotatable bonds is 6. The summed E-state index contributed by atoms with van der Waals surface area (Å²) in [4.78, 5) is 25.0. The van der Waals surface area contributed by atoms with Gasteiger partial charge in [-0.2, -0.15) is 0 Å². The van der Waals surface area contributed by atoms with E-state index in [0.717, 1.165) is 10.6 Å². The minimum atomic E-state index is -0.638. The Morgan fingerprint density at radius 3 is 2.76 bits per heavy atom. The maximum atomic E-state index is 12.0. The molecule has 2 N–H and O–H groups in total. The van der Waals surface area contributed by atoms with Gasteiger partial charge >= 0.3 is 12.1 Å². The van der Waals surface area contributed by atoms with Crippen molar-refractivity contribution < 1.29 is 14.3 Å². The highest BCUT2D eigenvalue weighted by Gasteiger charge is 2.11. The third-order valence-electron chi connectivity index (χ3n) is 3.13. The molecule has 0 saturated heterocycles. The van der Waals surface area contributed by atoms with Gasteiger partial charge in [0, 0.05) is 18.6 Å². The molecule has 1 aromatic heterocycles. The predicted molar refractivity (Wildman–Crippen MR) is 95.9 cm³/mol. The average Bonchev–Trinajstić information content (AvgIpc) is 2.98. The molecule has 0 aliphatic heterocycles. The van der Waals surface area contributed by atoms with E-state index in [4.69, 9.17) is 16.3 Å². The monoisotopic (exact) mass is 383 g/mol. The number of anilines is 1. The smallest absolute Gasteiger partial charge is 0.413 e. The van der Waals surface area contributed by atoms with Crippen LogP contribution < -0.4 is 10.6 Å². The van der Waals surface area contributed by atoms with E-state index in [0.29, 0.717) is 16.7 Å². The fourth-order valence-corrected chi connectivity index (χ4v) is 2.57. The molecule has 0 saturated carbocycles. The number of urea groups is 1. The van der Waals surface area contributed by atoms with Crippen LogP contribution in [0.15, 0.2) is 24.3 Å². The summed E-state index contributed by atoms with van der Waals surface area (Å²) in [5.41, 5.74) is 0.828. The third kappa shape index (κ3) is 6.20. The van der Waals surface area contributed by atoms with Gasteiger partial charge < -0.3 is 15.0 Å². The number of amides is 3. The van der Waals surface area contributed by atoms with Crippen LogP contribution in [0.4, 0.5) is 14.7 Å². The van der Waals surface area contributed by atoms with Crippen molar-refractivity contribution in [2.45, 2.75) is 13.5 Å². The third-order valence-corrected chi connectivity index (χ3v) is 4.25. The lowest BCUT2D eigenvalue weighted by atomic mass is 10.2. The molecular weight excluding hydrogens is 366 g/mol. The molecule has 1 heterocycles. The van der Waals surface area contributed by atoms with Gasteiger partial charge in [0.05, 0.1) is 6.54 Å². The van der Waals surface area contributed by atoms with E-state index in [2.05, 4.69) is 20.8 Å². The summed E-state index contributed by atoms with van der Waals surface area (Å²) in [6, 6.07) is 6.99. The maximum Gasteiger partial charge on any atom is 0.413 e. The van der Waals surface area contributed by atoms with Crippen LogP contribution in [-0.2, 0) is 11.3 Å². The van der Waals surface area contributed by atoms with Crippen molar-refractivity contribution in [1.29, 1.82) is 0 Å². The van der Waals surface area contributed by atoms with E-state index < -0.39 is 6.09 Å². The Kier molecular flexibility index (Phi) is 6.96. The predicted octanol–water partition coefficient (Wildman–Crippen LogP) is 2.89. The highest BCUT2D eigenvalue weighted by Crippen LogP contribution is 2.14. The van der Waals surface area contributed by atoms with Gasteiger partial charge in [0.15, 0.2) is 0 Å². The Labute approximate surface area is 154 Å². The number of hydrogen-bond acceptors (Lipinski definition) is 6. The summed E-state index contributed by atoms with van der Waals surface area (Å²) in [5.74, 6) is 0. The number of aromatic nitrogens is 2. The van der Waals surface area contributed by atoms with Crippen LogP contribution in [0.5, 0.6) is 0 Å². The van der Waals surface area contributed by atoms with Crippen molar-refractivity contribution >= 4 is 40.2 Å². The molecule has 2 rings (SSSR count). The summed E-state index contributed by atoms with van der Waals surface area (Å²) < 4.78 is 5.00. The molecular formula is C15H18ClN5O3S. The zero-order valence-electron chi connectivity index (χ0n) is 13.8. The minimum Gasteiger partial charge on any atom is -0.447 e. The zero-order chi connectivity index (χ0) is 18.2. The van der Waals surface area contributed by atoms with Crippen LogP contribution in [0.25, 0.3) is 0 Å². The van der Waals surface area contributed by atoms with Gasteiger partial charge in [0.25, 0.3) is 0 Å². The Hall–Kier alpha value is -2.39. The van der Waals surface area contributed by atoms with Gasteiger partial charge in [-0.15, -0.1) is 10.2 Å². The maximum absolute atomic E-state index is 12.0. The van der Waals surface area contributed by atoms with Crippen molar-refractivity contribution in [2.75, 3.05) is 25.5 Å². The number of hydrogen-bond donors (Lipinski definition) is 2. The van der Waals surface area contributed by atoms with Crippen molar-refractivity contribution in [3.05, 3.63) is 39.9 Å². The molecule has 25 heavy (non-hydrogen) atoms. The Morgan fingerprint density at radius 1 is 1.32 bits per heavy atom. The first-order chi connectivity index (χ1) is 12.0. The zero-order valence-corrected chi connectivity index (χ0v) is 15.4. The Balaban J connectivity index is 1.67. The Morgan fingerprint density at radius 2 is 2.08 bits per heavy atom. The summed E-state index contributed by atoms with van der Waals surface area (Å²) >= 11 is 7.28. The van der Waals surface area contributed by atoms with Crippen LogP contribution in [0.2, 0.25) is 5.02 Å². The van der Waals surface area contributed by atoms with E-state index in [9.17, 15) is 9.59 Å². The van der Waals surface area contributed by atoms with E-state index >= 15 is 0 Å². The number of halogens is 1. The molecule has 2 aromatic rings. The fourth-order valence-electron chi connectivity index (χ4n) is 1.79. The second-order valence-corrected chi connectivity index (χ2v) is 6.65. The van der Waals surface area contributed by atoms with Gasteiger partial charge in [0.2, 0.25) is 5.13 Å². The van der Waals surface area contributed by atoms with Gasteiger partial charge in [0.1, 0.15) is 11.6 Å². The molecule has 0 fully saturated rings. The quantitative estimate of drug-likeness (QED) is 0.799. The van der Waals surface area contributed by atoms with Crippen LogP contribution in [0.1, 0.15) is 10.6 Å². The van der Waals surface area contributed by atoms with Crippen LogP contribution >= 0.6 is 22.9 Å². The topological polar surface area (TPSA) is 96.4 Å². The lowest BCUT2D eigenvalue weighted by molar-refractivity contribution is 0.146. The first-order valence-corrected chi connectivity index (χ1v) is 8.61. The number of ether oxygens (including phenoxy) is 1. The molecule has 0 unspecified atom stereocenters. The lowest BCUT2D eigenvalue weighted by Gasteiger charge is -2.18. The van der Waals surface area contributed by atoms with Gasteiger partial charge in [-0.25, -0.2) is 9.59 Å². The molecule has 1 aromatic carbocycles. The number of carbonyl (C=O) groups is 2. The number of aryl methyl sites for hydroxylation is 1. The normalized spacial score (nSPS) is 10.2. The molecule has 0 spiro atoms. The van der Waals surface area contributed by atoms with E-state index in [1.54, 1.807) is 20.0 Å². The molecule has 0 aliphatic carbocycles. The van der Waals surface area contributed by atoms with Crippen molar-refractivity contribution in [3.63, 3.8) is 0 Å². The van der Waals surface area contributed by atoms with Crippen molar-refractivity contribution in [2.24, 2.45) is 0 Å². The van der Waals surface area contributed by atoms with Crippen LogP contribution in [0.3, 0.4) is 0 Å². The number of likely N-dealkylation sites (N-methyl/N-ethyl adjacent to an activating group) is 1. The highest BCUT2D eigenvalue weighted by atomic mass is 35.5. The van der Waals surface area contributed by atoms with Crippen LogP contribution in [-0.4, -0.2) is 47.4 Å². The largest absolute Gasteiger partial charge is 0.447 e. The summed E-state index contributed by atoms with van der Waals surface area (Å²) in [6.07, 6.45) is -0.638. The second-order valence-electron chi connectivity index (χ2n) is 5.06. The SMILES string of the molecule is Cc1nnc(NC(=O)OCCN(C)C(=O)NCc2ccccc2Cl)s1. The highest BCUT2D eigenvalue weighted by molar-refractivity contribution is 7.15. The van der Waals surface area contributed by atoms with Gasteiger partial charge in [-0.1, -0.05) is 41.1 Å². The van der Waals surface area contributed by atoms with E-state index in [1.807, 2.05) is 18.2 Å². The van der Waals surface area contributed by atoms with Crippen molar-refractivity contribution in [1.82, 2.24) is 20.4 Å². The minimum absolute atomic E-state index is 0.0552. The van der Waals surface area contributed by atoms with Gasteiger partial charge in [-0.3, -0.25) is 5.32 Å². The number of nitrogens with one attached hydrogen (secondary N) is 2. The first kappa shape index (κ1) is 18.9. The molecule has 3 amide bonds. The van der Waals surface area contributed by atoms with Crippen LogP contribution in [0, 0.1) is 6.92 Å².